The van der Waals surface area contributed by atoms with Gasteiger partial charge >= 0.3 is 0 Å². The van der Waals surface area contributed by atoms with Crippen LogP contribution in [0.25, 0.3) is 53.9 Å². The van der Waals surface area contributed by atoms with E-state index in [1.165, 1.54) is 37.0 Å². The van der Waals surface area contributed by atoms with E-state index in [9.17, 15) is 0 Å². The van der Waals surface area contributed by atoms with Gasteiger partial charge in [0.05, 0.1) is 15.9 Å². The third-order valence-electron chi connectivity index (χ3n) is 9.43. The maximum Gasteiger partial charge on any atom is 0.160 e. The molecule has 2 aromatic heterocycles. The highest BCUT2D eigenvalue weighted by Crippen LogP contribution is 2.41. The van der Waals surface area contributed by atoms with Crippen LogP contribution in [0, 0.1) is 0 Å². The minimum atomic E-state index is 0.227. The first-order valence-electron chi connectivity index (χ1n) is 17.0. The van der Waals surface area contributed by atoms with Gasteiger partial charge in [0.1, 0.15) is 0 Å². The number of aromatic nitrogens is 2. The molecule has 8 aromatic rings. The first kappa shape index (κ1) is 30.0. The van der Waals surface area contributed by atoms with Gasteiger partial charge in [-0.25, -0.2) is 9.97 Å². The smallest absolute Gasteiger partial charge is 0.160 e. The van der Waals surface area contributed by atoms with E-state index >= 15 is 0 Å². The lowest BCUT2D eigenvalue weighted by atomic mass is 9.96. The number of rotatable bonds is 7. The Kier molecular flexibility index (Phi) is 7.84. The highest BCUT2D eigenvalue weighted by atomic mass is 32.1. The summed E-state index contributed by atoms with van der Waals surface area (Å²) in [5.74, 6) is 0.987. The largest absolute Gasteiger partial charge is 0.311 e. The van der Waals surface area contributed by atoms with Crippen LogP contribution >= 0.6 is 11.3 Å². The first-order chi connectivity index (χ1) is 24.8. The molecule has 0 amide bonds. The van der Waals surface area contributed by atoms with E-state index in [0.717, 1.165) is 46.1 Å². The molecule has 1 atom stereocenters. The van der Waals surface area contributed by atoms with Gasteiger partial charge in [0, 0.05) is 38.6 Å². The topological polar surface area (TPSA) is 29.0 Å². The van der Waals surface area contributed by atoms with Crippen LogP contribution in [0.1, 0.15) is 18.0 Å². The Morgan fingerprint density at radius 3 is 1.58 bits per heavy atom. The predicted molar refractivity (Wildman–Crippen MR) is 212 cm³/mol. The number of allylic oxidation sites excluding steroid dienone is 4. The third kappa shape index (κ3) is 5.70. The van der Waals surface area contributed by atoms with Crippen LogP contribution in [0.5, 0.6) is 0 Å². The number of fused-ring (bicyclic) bond motifs is 3. The first-order valence-corrected chi connectivity index (χ1v) is 17.8. The summed E-state index contributed by atoms with van der Waals surface area (Å²) in [6, 6.07) is 56.0. The Morgan fingerprint density at radius 2 is 1.02 bits per heavy atom. The quantitative estimate of drug-likeness (QED) is 0.170. The van der Waals surface area contributed by atoms with Crippen molar-refractivity contribution in [3.05, 3.63) is 188 Å². The van der Waals surface area contributed by atoms with Gasteiger partial charge in [-0.2, -0.15) is 0 Å². The Bertz CT molecular complexity index is 2400. The van der Waals surface area contributed by atoms with E-state index in [0.29, 0.717) is 0 Å². The van der Waals surface area contributed by atoms with Crippen molar-refractivity contribution in [2.24, 2.45) is 0 Å². The lowest BCUT2D eigenvalue weighted by Gasteiger charge is -2.26. The van der Waals surface area contributed by atoms with E-state index < -0.39 is 0 Å². The van der Waals surface area contributed by atoms with E-state index in [4.69, 9.17) is 9.97 Å². The molecular formula is C46H33N3S. The minimum absolute atomic E-state index is 0.227. The maximum atomic E-state index is 5.26. The average Bonchev–Trinajstić information content (AvgIpc) is 3.58. The van der Waals surface area contributed by atoms with Gasteiger partial charge in [-0.05, 0) is 83.3 Å². The molecule has 50 heavy (non-hydrogen) atoms. The van der Waals surface area contributed by atoms with E-state index in [1.807, 2.05) is 0 Å². The van der Waals surface area contributed by atoms with E-state index in [2.05, 4.69) is 187 Å². The standard InChI is InChI=1S/C46H33N3S/c1-4-12-32(13-5-1)34-20-26-38(27-21-34)49(39-28-22-35(23-29-39)33-14-6-2-7-15-33)40-30-24-37(25-31-40)46-47-43(36-16-8-3-9-17-36)45-44(48-46)41-18-10-11-19-42(41)50-45/h1-16,18-31,36H,17H2. The molecule has 1 aliphatic carbocycles. The highest BCUT2D eigenvalue weighted by Gasteiger charge is 2.21. The number of anilines is 3. The van der Waals surface area contributed by atoms with Crippen molar-refractivity contribution in [1.29, 1.82) is 0 Å². The molecule has 0 saturated heterocycles. The zero-order valence-corrected chi connectivity index (χ0v) is 28.2. The number of hydrogen-bond donors (Lipinski definition) is 0. The molecule has 0 bridgehead atoms. The van der Waals surface area contributed by atoms with Crippen molar-refractivity contribution >= 4 is 48.7 Å². The predicted octanol–water partition coefficient (Wildman–Crippen LogP) is 12.9. The molecule has 0 N–H and O–H groups in total. The number of nitrogens with zero attached hydrogens (tertiary/aromatic N) is 3. The van der Waals surface area contributed by atoms with Crippen molar-refractivity contribution in [2.45, 2.75) is 12.3 Å². The van der Waals surface area contributed by atoms with Crippen LogP contribution in [-0.4, -0.2) is 9.97 Å². The summed E-state index contributed by atoms with van der Waals surface area (Å²) in [6.07, 6.45) is 9.69. The summed E-state index contributed by atoms with van der Waals surface area (Å²) in [5, 5.41) is 1.19. The zero-order valence-electron chi connectivity index (χ0n) is 27.4. The van der Waals surface area contributed by atoms with Gasteiger partial charge in [-0.15, -0.1) is 11.3 Å². The molecule has 238 valence electrons. The summed E-state index contributed by atoms with van der Waals surface area (Å²) >= 11 is 1.80. The van der Waals surface area contributed by atoms with E-state index in [1.54, 1.807) is 11.3 Å². The monoisotopic (exact) mass is 659 g/mol. The van der Waals surface area contributed by atoms with Crippen LogP contribution < -0.4 is 4.90 Å². The molecule has 1 unspecified atom stereocenters. The molecule has 0 aliphatic heterocycles. The Hall–Kier alpha value is -6.10. The van der Waals surface area contributed by atoms with Gasteiger partial charge < -0.3 is 4.90 Å². The summed E-state index contributed by atoms with van der Waals surface area (Å²) < 4.78 is 2.42. The van der Waals surface area contributed by atoms with Gasteiger partial charge in [0.2, 0.25) is 0 Å². The number of thiophene rings is 1. The van der Waals surface area contributed by atoms with Crippen LogP contribution in [-0.2, 0) is 0 Å². The molecule has 0 fully saturated rings. The molecule has 4 heteroatoms. The molecule has 6 aromatic carbocycles. The normalized spacial score (nSPS) is 14.0. The Balaban J connectivity index is 1.12. The molecular weight excluding hydrogens is 627 g/mol. The fourth-order valence-electron chi connectivity index (χ4n) is 6.85. The number of hydrogen-bond acceptors (Lipinski definition) is 4. The van der Waals surface area contributed by atoms with Gasteiger partial charge in [-0.3, -0.25) is 0 Å². The maximum absolute atomic E-state index is 5.26. The third-order valence-corrected chi connectivity index (χ3v) is 10.6. The minimum Gasteiger partial charge on any atom is -0.311 e. The summed E-state index contributed by atoms with van der Waals surface area (Å²) in [6.45, 7) is 0. The Labute approximate surface area is 296 Å². The zero-order chi connectivity index (χ0) is 33.3. The molecule has 0 spiro atoms. The SMILES string of the molecule is C1=CCC(c2nc(-c3ccc(N(c4ccc(-c5ccccc5)cc4)c4ccc(-c5ccccc5)cc4)cc3)nc3c2sc2ccccc23)C=C1. The Morgan fingerprint density at radius 1 is 0.500 bits per heavy atom. The second-order valence-electron chi connectivity index (χ2n) is 12.6. The number of benzene rings is 6. The molecule has 9 rings (SSSR count). The van der Waals surface area contributed by atoms with Crippen LogP contribution in [0.15, 0.2) is 182 Å². The fraction of sp³-hybridized carbons (Fsp3) is 0.0435. The summed E-state index contributed by atoms with van der Waals surface area (Å²) in [5.41, 5.74) is 11.2. The molecule has 2 heterocycles. The van der Waals surface area contributed by atoms with Gasteiger partial charge in [0.25, 0.3) is 0 Å². The lowest BCUT2D eigenvalue weighted by molar-refractivity contribution is 0.825. The van der Waals surface area contributed by atoms with Gasteiger partial charge in [0.15, 0.2) is 5.82 Å². The van der Waals surface area contributed by atoms with Crippen molar-refractivity contribution in [3.63, 3.8) is 0 Å². The molecule has 0 radical (unpaired) electrons. The van der Waals surface area contributed by atoms with Crippen molar-refractivity contribution < 1.29 is 0 Å². The molecule has 3 nitrogen and oxygen atoms in total. The second-order valence-corrected chi connectivity index (χ2v) is 13.6. The fourth-order valence-corrected chi connectivity index (χ4v) is 8.04. The molecule has 1 aliphatic rings. The van der Waals surface area contributed by atoms with E-state index in [-0.39, 0.29) is 5.92 Å². The second kappa shape index (κ2) is 13.1. The van der Waals surface area contributed by atoms with Crippen LogP contribution in [0.3, 0.4) is 0 Å². The summed E-state index contributed by atoms with van der Waals surface area (Å²) in [4.78, 5) is 12.8. The van der Waals surface area contributed by atoms with Crippen molar-refractivity contribution in [2.75, 3.05) is 4.90 Å². The van der Waals surface area contributed by atoms with Crippen molar-refractivity contribution in [3.8, 4) is 33.6 Å². The van der Waals surface area contributed by atoms with Crippen LogP contribution in [0.2, 0.25) is 0 Å². The average molecular weight is 660 g/mol. The highest BCUT2D eigenvalue weighted by molar-refractivity contribution is 7.25. The van der Waals surface area contributed by atoms with Crippen LogP contribution in [0.4, 0.5) is 17.1 Å². The lowest BCUT2D eigenvalue weighted by Crippen LogP contribution is -2.10. The van der Waals surface area contributed by atoms with Gasteiger partial charge in [-0.1, -0.05) is 127 Å². The summed E-state index contributed by atoms with van der Waals surface area (Å²) in [7, 11) is 0. The van der Waals surface area contributed by atoms with Crippen molar-refractivity contribution in [1.82, 2.24) is 9.97 Å². The molecule has 0 saturated carbocycles.